The predicted molar refractivity (Wildman–Crippen MR) is 83.1 cm³/mol. The second kappa shape index (κ2) is 5.73. The van der Waals surface area contributed by atoms with E-state index in [0.717, 1.165) is 0 Å². The van der Waals surface area contributed by atoms with Crippen molar-refractivity contribution < 1.29 is 9.90 Å². The van der Waals surface area contributed by atoms with Crippen LogP contribution in [0.4, 0.5) is 5.95 Å². The molecule has 2 aromatic rings. The van der Waals surface area contributed by atoms with Gasteiger partial charge in [0.15, 0.2) is 5.69 Å². The van der Waals surface area contributed by atoms with E-state index < -0.39 is 5.97 Å². The lowest BCUT2D eigenvalue weighted by atomic mass is 9.95. The van der Waals surface area contributed by atoms with Gasteiger partial charge in [-0.2, -0.15) is 0 Å². The highest BCUT2D eigenvalue weighted by Gasteiger charge is 2.32. The summed E-state index contributed by atoms with van der Waals surface area (Å²) in [6, 6.07) is 11.5. The van der Waals surface area contributed by atoms with Crippen LogP contribution in [0.5, 0.6) is 0 Å². The summed E-state index contributed by atoms with van der Waals surface area (Å²) in [5.74, 6) is -0.417. The number of anilines is 1. The minimum Gasteiger partial charge on any atom is -0.477 e. The topological polar surface area (TPSA) is 92.3 Å². The summed E-state index contributed by atoms with van der Waals surface area (Å²) in [4.78, 5) is 21.6. The SMILES string of the molecule is Cc1cc(C(=O)O)nc(N2C[C@H](c3ccccc3)[C@@H](N)C2)n1. The molecule has 0 amide bonds. The van der Waals surface area contributed by atoms with Gasteiger partial charge in [0.2, 0.25) is 5.95 Å². The van der Waals surface area contributed by atoms with Crippen molar-refractivity contribution in [2.75, 3.05) is 18.0 Å². The number of hydrogen-bond donors (Lipinski definition) is 2. The standard InChI is InChI=1S/C16H18N4O2/c1-10-7-14(15(21)22)19-16(18-10)20-8-12(13(17)9-20)11-5-3-2-4-6-11/h2-7,12-13H,8-9,17H2,1H3,(H,21,22)/t12-,13+/m1/s1. The number of carbonyl (C=O) groups is 1. The monoisotopic (exact) mass is 298 g/mol. The van der Waals surface area contributed by atoms with Crippen molar-refractivity contribution in [2.45, 2.75) is 18.9 Å². The van der Waals surface area contributed by atoms with Gasteiger partial charge in [-0.15, -0.1) is 0 Å². The quantitative estimate of drug-likeness (QED) is 0.890. The number of aromatic carboxylic acids is 1. The van der Waals surface area contributed by atoms with Gasteiger partial charge in [-0.3, -0.25) is 0 Å². The molecule has 1 aliphatic rings. The zero-order chi connectivity index (χ0) is 15.7. The van der Waals surface area contributed by atoms with Gasteiger partial charge in [0.05, 0.1) is 0 Å². The molecule has 1 aromatic carbocycles. The third-order valence-corrected chi connectivity index (χ3v) is 3.94. The molecule has 1 aromatic heterocycles. The maximum absolute atomic E-state index is 11.1. The van der Waals surface area contributed by atoms with Gasteiger partial charge in [-0.1, -0.05) is 30.3 Å². The smallest absolute Gasteiger partial charge is 0.354 e. The molecule has 6 nitrogen and oxygen atoms in total. The van der Waals surface area contributed by atoms with E-state index in [1.54, 1.807) is 6.92 Å². The number of nitrogens with zero attached hydrogens (tertiary/aromatic N) is 3. The summed E-state index contributed by atoms with van der Waals surface area (Å²) in [5, 5.41) is 9.13. The molecule has 0 spiro atoms. The molecule has 3 N–H and O–H groups in total. The molecular weight excluding hydrogens is 280 g/mol. The highest BCUT2D eigenvalue weighted by atomic mass is 16.4. The van der Waals surface area contributed by atoms with Gasteiger partial charge >= 0.3 is 5.97 Å². The van der Waals surface area contributed by atoms with Crippen molar-refractivity contribution in [3.8, 4) is 0 Å². The zero-order valence-electron chi connectivity index (χ0n) is 12.3. The average molecular weight is 298 g/mol. The van der Waals surface area contributed by atoms with Crippen molar-refractivity contribution in [1.82, 2.24) is 9.97 Å². The summed E-state index contributed by atoms with van der Waals surface area (Å²) in [6.45, 7) is 3.07. The van der Waals surface area contributed by atoms with E-state index in [4.69, 9.17) is 10.8 Å². The van der Waals surface area contributed by atoms with Gasteiger partial charge < -0.3 is 15.7 Å². The lowest BCUT2D eigenvalue weighted by Gasteiger charge is -2.17. The highest BCUT2D eigenvalue weighted by molar-refractivity contribution is 5.85. The Morgan fingerprint density at radius 2 is 2.00 bits per heavy atom. The van der Waals surface area contributed by atoms with Crippen molar-refractivity contribution in [2.24, 2.45) is 5.73 Å². The molecule has 1 aliphatic heterocycles. The fraction of sp³-hybridized carbons (Fsp3) is 0.312. The summed E-state index contributed by atoms with van der Waals surface area (Å²) in [7, 11) is 0. The number of carboxylic acid groups (broad SMARTS) is 1. The third-order valence-electron chi connectivity index (χ3n) is 3.94. The maximum Gasteiger partial charge on any atom is 0.354 e. The molecule has 1 saturated heterocycles. The van der Waals surface area contributed by atoms with Crippen molar-refractivity contribution in [3.05, 3.63) is 53.3 Å². The molecule has 0 unspecified atom stereocenters. The van der Waals surface area contributed by atoms with Gasteiger partial charge in [-0.05, 0) is 18.6 Å². The fourth-order valence-corrected chi connectivity index (χ4v) is 2.85. The third kappa shape index (κ3) is 2.78. The molecule has 0 bridgehead atoms. The minimum atomic E-state index is -1.05. The largest absolute Gasteiger partial charge is 0.477 e. The Hall–Kier alpha value is -2.47. The van der Waals surface area contributed by atoms with Crippen molar-refractivity contribution >= 4 is 11.9 Å². The number of rotatable bonds is 3. The van der Waals surface area contributed by atoms with E-state index in [1.165, 1.54) is 11.6 Å². The molecule has 22 heavy (non-hydrogen) atoms. The van der Waals surface area contributed by atoms with Crippen LogP contribution < -0.4 is 10.6 Å². The van der Waals surface area contributed by atoms with Crippen LogP contribution in [0.2, 0.25) is 0 Å². The van der Waals surface area contributed by atoms with E-state index >= 15 is 0 Å². The summed E-state index contributed by atoms with van der Waals surface area (Å²) >= 11 is 0. The Labute approximate surface area is 128 Å². The Balaban J connectivity index is 1.87. The van der Waals surface area contributed by atoms with Crippen molar-refractivity contribution in [3.63, 3.8) is 0 Å². The van der Waals surface area contributed by atoms with E-state index in [2.05, 4.69) is 22.1 Å². The van der Waals surface area contributed by atoms with Gasteiger partial charge in [0.1, 0.15) is 0 Å². The normalized spacial score (nSPS) is 21.1. The predicted octanol–water partition coefficient (Wildman–Crippen LogP) is 1.41. The Morgan fingerprint density at radius 3 is 2.68 bits per heavy atom. The number of aryl methyl sites for hydroxylation is 1. The van der Waals surface area contributed by atoms with Crippen LogP contribution in [0.15, 0.2) is 36.4 Å². The first-order chi connectivity index (χ1) is 10.5. The molecule has 6 heteroatoms. The number of hydrogen-bond acceptors (Lipinski definition) is 5. The van der Waals surface area contributed by atoms with Crippen LogP contribution in [-0.2, 0) is 0 Å². The molecule has 3 rings (SSSR count). The highest BCUT2D eigenvalue weighted by Crippen LogP contribution is 2.28. The lowest BCUT2D eigenvalue weighted by Crippen LogP contribution is -2.29. The number of carboxylic acids is 1. The maximum atomic E-state index is 11.1. The van der Waals surface area contributed by atoms with Gasteiger partial charge in [0, 0.05) is 30.7 Å². The second-order valence-electron chi connectivity index (χ2n) is 5.59. The molecule has 0 radical (unpaired) electrons. The number of aromatic nitrogens is 2. The molecule has 114 valence electrons. The Bertz CT molecular complexity index is 690. The van der Waals surface area contributed by atoms with Gasteiger partial charge in [0.25, 0.3) is 0 Å². The molecule has 2 heterocycles. The minimum absolute atomic E-state index is 0.0132. The first-order valence-electron chi connectivity index (χ1n) is 7.19. The molecule has 0 aliphatic carbocycles. The van der Waals surface area contributed by atoms with E-state index in [0.29, 0.717) is 24.7 Å². The van der Waals surface area contributed by atoms with Crippen LogP contribution >= 0.6 is 0 Å². The van der Waals surface area contributed by atoms with Crippen molar-refractivity contribution in [1.29, 1.82) is 0 Å². The van der Waals surface area contributed by atoms with E-state index in [9.17, 15) is 4.79 Å². The zero-order valence-corrected chi connectivity index (χ0v) is 12.3. The Kier molecular flexibility index (Phi) is 3.77. The lowest BCUT2D eigenvalue weighted by molar-refractivity contribution is 0.0690. The molecule has 2 atom stereocenters. The average Bonchev–Trinajstić information content (AvgIpc) is 2.89. The summed E-state index contributed by atoms with van der Waals surface area (Å²) in [6.07, 6.45) is 0. The van der Waals surface area contributed by atoms with Crippen LogP contribution in [-0.4, -0.2) is 40.2 Å². The van der Waals surface area contributed by atoms with Crippen LogP contribution in [0.3, 0.4) is 0 Å². The summed E-state index contributed by atoms with van der Waals surface area (Å²) < 4.78 is 0. The van der Waals surface area contributed by atoms with Crippen LogP contribution in [0, 0.1) is 6.92 Å². The first-order valence-corrected chi connectivity index (χ1v) is 7.19. The molecule has 1 fully saturated rings. The number of benzene rings is 1. The number of nitrogens with two attached hydrogens (primary N) is 1. The fourth-order valence-electron chi connectivity index (χ4n) is 2.85. The summed E-state index contributed by atoms with van der Waals surface area (Å²) in [5.41, 5.74) is 8.10. The van der Waals surface area contributed by atoms with Crippen LogP contribution in [0.1, 0.15) is 27.7 Å². The van der Waals surface area contributed by atoms with Crippen LogP contribution in [0.25, 0.3) is 0 Å². The second-order valence-corrected chi connectivity index (χ2v) is 5.59. The van der Waals surface area contributed by atoms with Gasteiger partial charge in [-0.25, -0.2) is 14.8 Å². The van der Waals surface area contributed by atoms with E-state index in [1.807, 2.05) is 23.1 Å². The van der Waals surface area contributed by atoms with E-state index in [-0.39, 0.29) is 17.7 Å². The molecular formula is C16H18N4O2. The Morgan fingerprint density at radius 1 is 1.27 bits per heavy atom. The molecule has 0 saturated carbocycles. The first kappa shape index (κ1) is 14.5.